The Morgan fingerprint density at radius 3 is 2.83 bits per heavy atom. The summed E-state index contributed by atoms with van der Waals surface area (Å²) in [4.78, 5) is 0. The van der Waals surface area contributed by atoms with Gasteiger partial charge >= 0.3 is 0 Å². The van der Waals surface area contributed by atoms with Gasteiger partial charge in [-0.2, -0.15) is 0 Å². The largest absolute Gasteiger partial charge is 0.392 e. The van der Waals surface area contributed by atoms with Crippen molar-refractivity contribution < 1.29 is 5.11 Å². The predicted octanol–water partition coefficient (Wildman–Crippen LogP) is 2.18. The van der Waals surface area contributed by atoms with Crippen LogP contribution in [0, 0.1) is 0 Å². The summed E-state index contributed by atoms with van der Waals surface area (Å²) in [7, 11) is 0. The third-order valence-corrected chi connectivity index (χ3v) is 2.54. The SMILES string of the molecule is OCC1=C(Cl)Cc2ccccc21. The lowest BCUT2D eigenvalue weighted by molar-refractivity contribution is 0.350. The number of rotatable bonds is 1. The fourth-order valence-corrected chi connectivity index (χ4v) is 1.87. The number of benzene rings is 1. The van der Waals surface area contributed by atoms with E-state index in [9.17, 15) is 0 Å². The van der Waals surface area contributed by atoms with Gasteiger partial charge in [-0.25, -0.2) is 0 Å². The van der Waals surface area contributed by atoms with Gasteiger partial charge in [-0.15, -0.1) is 0 Å². The fourth-order valence-electron chi connectivity index (χ4n) is 1.56. The molecule has 0 fully saturated rings. The third kappa shape index (κ3) is 1.06. The van der Waals surface area contributed by atoms with Gasteiger partial charge in [0.25, 0.3) is 0 Å². The second-order valence-corrected chi connectivity index (χ2v) is 3.33. The average Bonchev–Trinajstić information content (AvgIpc) is 2.40. The van der Waals surface area contributed by atoms with Gasteiger partial charge < -0.3 is 5.11 Å². The van der Waals surface area contributed by atoms with Gasteiger partial charge in [0.15, 0.2) is 0 Å². The second kappa shape index (κ2) is 2.92. The first-order valence-electron chi connectivity index (χ1n) is 3.89. The predicted molar refractivity (Wildman–Crippen MR) is 50.0 cm³/mol. The standard InChI is InChI=1S/C10H9ClO/c11-10-5-7-3-1-2-4-8(7)9(10)6-12/h1-4,12H,5-6H2. The number of halogens is 1. The zero-order valence-electron chi connectivity index (χ0n) is 6.55. The Bertz CT molecular complexity index is 341. The Kier molecular flexibility index (Phi) is 1.91. The Labute approximate surface area is 76.3 Å². The monoisotopic (exact) mass is 180 g/mol. The molecular formula is C10H9ClO. The Balaban J connectivity index is 2.53. The zero-order chi connectivity index (χ0) is 8.55. The highest BCUT2D eigenvalue weighted by molar-refractivity contribution is 6.33. The molecule has 0 saturated heterocycles. The van der Waals surface area contributed by atoms with Gasteiger partial charge in [0.1, 0.15) is 0 Å². The molecule has 0 heterocycles. The number of hydrogen-bond acceptors (Lipinski definition) is 1. The normalized spacial score (nSPS) is 15.2. The minimum absolute atomic E-state index is 0.0375. The van der Waals surface area contributed by atoms with E-state index in [2.05, 4.69) is 0 Å². The molecule has 1 nitrogen and oxygen atoms in total. The smallest absolute Gasteiger partial charge is 0.0699 e. The first-order chi connectivity index (χ1) is 5.83. The summed E-state index contributed by atoms with van der Waals surface area (Å²) in [5.74, 6) is 0. The molecule has 0 bridgehead atoms. The maximum atomic E-state index is 9.04. The van der Waals surface area contributed by atoms with E-state index in [1.165, 1.54) is 5.56 Å². The number of aliphatic hydroxyl groups excluding tert-OH is 1. The molecule has 1 N–H and O–H groups in total. The van der Waals surface area contributed by atoms with Crippen molar-refractivity contribution in [2.24, 2.45) is 0 Å². The molecular weight excluding hydrogens is 172 g/mol. The summed E-state index contributed by atoms with van der Waals surface area (Å²) in [5.41, 5.74) is 3.20. The van der Waals surface area contributed by atoms with E-state index in [-0.39, 0.29) is 6.61 Å². The minimum Gasteiger partial charge on any atom is -0.392 e. The minimum atomic E-state index is 0.0375. The van der Waals surface area contributed by atoms with E-state index in [1.54, 1.807) is 0 Å². The van der Waals surface area contributed by atoms with Crippen LogP contribution in [0.1, 0.15) is 11.1 Å². The maximum Gasteiger partial charge on any atom is 0.0699 e. The summed E-state index contributed by atoms with van der Waals surface area (Å²) in [6, 6.07) is 7.99. The van der Waals surface area contributed by atoms with Crippen molar-refractivity contribution in [3.05, 3.63) is 40.4 Å². The molecule has 1 aliphatic carbocycles. The van der Waals surface area contributed by atoms with Crippen molar-refractivity contribution in [2.75, 3.05) is 6.61 Å². The summed E-state index contributed by atoms with van der Waals surface area (Å²) in [6.45, 7) is 0.0375. The lowest BCUT2D eigenvalue weighted by Crippen LogP contribution is -1.87. The van der Waals surface area contributed by atoms with Crippen LogP contribution in [0.4, 0.5) is 0 Å². The van der Waals surface area contributed by atoms with E-state index in [4.69, 9.17) is 16.7 Å². The maximum absolute atomic E-state index is 9.04. The zero-order valence-corrected chi connectivity index (χ0v) is 7.30. The molecule has 2 rings (SSSR count). The summed E-state index contributed by atoms with van der Waals surface area (Å²) in [5, 5.41) is 9.82. The first kappa shape index (κ1) is 7.84. The van der Waals surface area contributed by atoms with Crippen molar-refractivity contribution in [2.45, 2.75) is 6.42 Å². The topological polar surface area (TPSA) is 20.2 Å². The molecule has 12 heavy (non-hydrogen) atoms. The van der Waals surface area contributed by atoms with E-state index in [0.29, 0.717) is 0 Å². The molecule has 1 aromatic rings. The van der Waals surface area contributed by atoms with Crippen molar-refractivity contribution in [3.8, 4) is 0 Å². The van der Waals surface area contributed by atoms with Crippen molar-refractivity contribution in [1.29, 1.82) is 0 Å². The number of allylic oxidation sites excluding steroid dienone is 1. The highest BCUT2D eigenvalue weighted by Crippen LogP contribution is 2.33. The number of fused-ring (bicyclic) bond motifs is 1. The van der Waals surface area contributed by atoms with E-state index >= 15 is 0 Å². The van der Waals surface area contributed by atoms with Crippen LogP contribution >= 0.6 is 11.6 Å². The Morgan fingerprint density at radius 1 is 1.33 bits per heavy atom. The van der Waals surface area contributed by atoms with Gasteiger partial charge in [-0.1, -0.05) is 35.9 Å². The van der Waals surface area contributed by atoms with Crippen LogP contribution in [-0.2, 0) is 6.42 Å². The molecule has 0 saturated carbocycles. The molecule has 62 valence electrons. The van der Waals surface area contributed by atoms with E-state index in [0.717, 1.165) is 22.6 Å². The van der Waals surface area contributed by atoms with E-state index < -0.39 is 0 Å². The van der Waals surface area contributed by atoms with Crippen LogP contribution in [0.3, 0.4) is 0 Å². The van der Waals surface area contributed by atoms with Crippen molar-refractivity contribution >= 4 is 17.2 Å². The molecule has 1 aromatic carbocycles. The molecule has 0 amide bonds. The van der Waals surface area contributed by atoms with Crippen LogP contribution < -0.4 is 0 Å². The summed E-state index contributed by atoms with van der Waals surface area (Å²) < 4.78 is 0. The first-order valence-corrected chi connectivity index (χ1v) is 4.27. The molecule has 0 spiro atoms. The van der Waals surface area contributed by atoms with Gasteiger partial charge in [0, 0.05) is 11.5 Å². The average molecular weight is 181 g/mol. The highest BCUT2D eigenvalue weighted by Gasteiger charge is 2.18. The third-order valence-electron chi connectivity index (χ3n) is 2.17. The molecule has 0 aromatic heterocycles. The van der Waals surface area contributed by atoms with Crippen LogP contribution in [0.5, 0.6) is 0 Å². The number of aliphatic hydroxyl groups is 1. The Morgan fingerprint density at radius 2 is 2.08 bits per heavy atom. The highest BCUT2D eigenvalue weighted by atomic mass is 35.5. The van der Waals surface area contributed by atoms with Gasteiger partial charge in [-0.3, -0.25) is 0 Å². The molecule has 0 aliphatic heterocycles. The fraction of sp³-hybridized carbons (Fsp3) is 0.200. The van der Waals surface area contributed by atoms with Gasteiger partial charge in [-0.05, 0) is 16.7 Å². The number of hydrogen-bond donors (Lipinski definition) is 1. The van der Waals surface area contributed by atoms with Crippen LogP contribution in [0.2, 0.25) is 0 Å². The molecule has 1 aliphatic rings. The molecule has 2 heteroatoms. The van der Waals surface area contributed by atoms with Crippen LogP contribution in [-0.4, -0.2) is 11.7 Å². The summed E-state index contributed by atoms with van der Waals surface area (Å²) >= 11 is 5.96. The molecule has 0 unspecified atom stereocenters. The van der Waals surface area contributed by atoms with E-state index in [1.807, 2.05) is 24.3 Å². The van der Waals surface area contributed by atoms with Crippen LogP contribution in [0.25, 0.3) is 5.57 Å². The molecule has 0 atom stereocenters. The Hall–Kier alpha value is -0.790. The van der Waals surface area contributed by atoms with Crippen LogP contribution in [0.15, 0.2) is 29.3 Å². The lowest BCUT2D eigenvalue weighted by Gasteiger charge is -2.00. The van der Waals surface area contributed by atoms with Crippen molar-refractivity contribution in [3.63, 3.8) is 0 Å². The summed E-state index contributed by atoms with van der Waals surface area (Å²) in [6.07, 6.45) is 0.771. The van der Waals surface area contributed by atoms with Gasteiger partial charge in [0.05, 0.1) is 6.61 Å². The van der Waals surface area contributed by atoms with Gasteiger partial charge in [0.2, 0.25) is 0 Å². The van der Waals surface area contributed by atoms with Crippen molar-refractivity contribution in [1.82, 2.24) is 0 Å². The second-order valence-electron chi connectivity index (χ2n) is 2.88. The molecule has 0 radical (unpaired) electrons. The quantitative estimate of drug-likeness (QED) is 0.703. The lowest BCUT2D eigenvalue weighted by atomic mass is 10.1.